The van der Waals surface area contributed by atoms with Crippen molar-refractivity contribution in [1.82, 2.24) is 24.5 Å². The maximum Gasteiger partial charge on any atom is 0.356 e. The van der Waals surface area contributed by atoms with E-state index in [-0.39, 0.29) is 0 Å². The zero-order valence-corrected chi connectivity index (χ0v) is 9.91. The van der Waals surface area contributed by atoms with Crippen molar-refractivity contribution >= 4 is 5.97 Å². The van der Waals surface area contributed by atoms with Gasteiger partial charge < -0.3 is 9.30 Å². The van der Waals surface area contributed by atoms with E-state index < -0.39 is 5.97 Å². The van der Waals surface area contributed by atoms with Crippen LogP contribution in [-0.2, 0) is 18.3 Å². The number of esters is 1. The van der Waals surface area contributed by atoms with Gasteiger partial charge in [0.15, 0.2) is 0 Å². The van der Waals surface area contributed by atoms with Crippen LogP contribution in [0.2, 0.25) is 0 Å². The molecule has 2 rings (SSSR count). The number of aromatic nitrogens is 5. The molecule has 0 aromatic carbocycles. The molecule has 0 fully saturated rings. The van der Waals surface area contributed by atoms with Crippen LogP contribution in [0.4, 0.5) is 0 Å². The maximum atomic E-state index is 11.5. The second kappa shape index (κ2) is 4.36. The van der Waals surface area contributed by atoms with Gasteiger partial charge in [0.2, 0.25) is 0 Å². The van der Waals surface area contributed by atoms with Crippen LogP contribution in [0.3, 0.4) is 0 Å². The molecule has 0 atom stereocenters. The van der Waals surface area contributed by atoms with Gasteiger partial charge in [-0.15, -0.1) is 5.10 Å². The normalized spacial score (nSPS) is 10.5. The van der Waals surface area contributed by atoms with Gasteiger partial charge in [0, 0.05) is 13.2 Å². The number of ether oxygens (including phenoxy) is 1. The summed E-state index contributed by atoms with van der Waals surface area (Å²) in [7, 11) is 3.13. The van der Waals surface area contributed by atoms with E-state index in [9.17, 15) is 4.79 Å². The molecule has 90 valence electrons. The second-order valence-electron chi connectivity index (χ2n) is 3.65. The Balaban J connectivity index is 2.31. The molecule has 2 aromatic heterocycles. The molecule has 2 heterocycles. The number of rotatable bonds is 3. The van der Waals surface area contributed by atoms with Crippen molar-refractivity contribution in [3.63, 3.8) is 0 Å². The van der Waals surface area contributed by atoms with E-state index in [1.54, 1.807) is 22.5 Å². The summed E-state index contributed by atoms with van der Waals surface area (Å²) < 4.78 is 8.05. The van der Waals surface area contributed by atoms with Crippen LogP contribution >= 0.6 is 0 Å². The van der Waals surface area contributed by atoms with Crippen molar-refractivity contribution in [2.24, 2.45) is 7.05 Å². The molecule has 0 bridgehead atoms. The molecular weight excluding hydrogens is 222 g/mol. The van der Waals surface area contributed by atoms with Crippen LogP contribution < -0.4 is 0 Å². The molecule has 0 amide bonds. The van der Waals surface area contributed by atoms with Crippen molar-refractivity contribution in [3.05, 3.63) is 29.6 Å². The summed E-state index contributed by atoms with van der Waals surface area (Å²) in [4.78, 5) is 15.6. The number of imidazole rings is 1. The van der Waals surface area contributed by atoms with E-state index in [4.69, 9.17) is 4.74 Å². The third-order valence-corrected chi connectivity index (χ3v) is 2.42. The number of aryl methyl sites for hydroxylation is 2. The van der Waals surface area contributed by atoms with E-state index in [0.29, 0.717) is 12.2 Å². The fraction of sp³-hybridized carbons (Fsp3) is 0.400. The molecule has 2 aromatic rings. The van der Waals surface area contributed by atoms with Crippen LogP contribution in [0, 0.1) is 6.92 Å². The third kappa shape index (κ3) is 2.17. The zero-order valence-electron chi connectivity index (χ0n) is 9.91. The molecule has 0 N–H and O–H groups in total. The Morgan fingerprint density at radius 2 is 2.29 bits per heavy atom. The van der Waals surface area contributed by atoms with Gasteiger partial charge in [-0.2, -0.15) is 0 Å². The number of nitrogens with zero attached hydrogens (tertiary/aromatic N) is 5. The highest BCUT2D eigenvalue weighted by Gasteiger charge is 2.15. The lowest BCUT2D eigenvalue weighted by Gasteiger charge is -2.06. The first-order valence-electron chi connectivity index (χ1n) is 5.07. The smallest absolute Gasteiger partial charge is 0.356 e. The van der Waals surface area contributed by atoms with Crippen LogP contribution in [0.1, 0.15) is 22.0 Å². The second-order valence-corrected chi connectivity index (χ2v) is 3.65. The van der Waals surface area contributed by atoms with E-state index >= 15 is 0 Å². The molecule has 0 aliphatic carbocycles. The first-order valence-corrected chi connectivity index (χ1v) is 5.07. The summed E-state index contributed by atoms with van der Waals surface area (Å²) in [5.41, 5.74) is 1.18. The van der Waals surface area contributed by atoms with Crippen molar-refractivity contribution in [2.75, 3.05) is 7.11 Å². The Kier molecular flexibility index (Phi) is 2.90. The highest BCUT2D eigenvalue weighted by Crippen LogP contribution is 2.08. The first kappa shape index (κ1) is 11.3. The molecule has 0 unspecified atom stereocenters. The van der Waals surface area contributed by atoms with E-state index in [1.165, 1.54) is 13.3 Å². The minimum atomic E-state index is -0.408. The maximum absolute atomic E-state index is 11.5. The molecule has 0 radical (unpaired) electrons. The van der Waals surface area contributed by atoms with Gasteiger partial charge in [-0.25, -0.2) is 9.78 Å². The molecular formula is C10H13N5O2. The van der Waals surface area contributed by atoms with E-state index in [0.717, 1.165) is 11.5 Å². The van der Waals surface area contributed by atoms with Gasteiger partial charge in [-0.05, 0) is 6.92 Å². The molecule has 0 aliphatic heterocycles. The fourth-order valence-corrected chi connectivity index (χ4v) is 1.57. The van der Waals surface area contributed by atoms with Crippen molar-refractivity contribution < 1.29 is 9.53 Å². The van der Waals surface area contributed by atoms with Crippen molar-refractivity contribution in [1.29, 1.82) is 0 Å². The Morgan fingerprint density at radius 3 is 2.88 bits per heavy atom. The van der Waals surface area contributed by atoms with Crippen molar-refractivity contribution in [3.8, 4) is 0 Å². The quantitative estimate of drug-likeness (QED) is 0.708. The van der Waals surface area contributed by atoms with Crippen LogP contribution in [0.25, 0.3) is 0 Å². The Labute approximate surface area is 98.0 Å². The van der Waals surface area contributed by atoms with E-state index in [1.807, 2.05) is 6.92 Å². The predicted octanol–water partition coefficient (Wildman–Crippen LogP) is 0.155. The average Bonchev–Trinajstić information content (AvgIpc) is 2.87. The largest absolute Gasteiger partial charge is 0.464 e. The molecule has 7 nitrogen and oxygen atoms in total. The predicted molar refractivity (Wildman–Crippen MR) is 58.4 cm³/mol. The SMILES string of the molecule is COC(=O)c1cnc(C)n1Cc1cn(C)nn1. The molecule has 7 heteroatoms. The highest BCUT2D eigenvalue weighted by atomic mass is 16.5. The van der Waals surface area contributed by atoms with Crippen LogP contribution in [-0.4, -0.2) is 37.6 Å². The first-order chi connectivity index (χ1) is 8.11. The molecule has 0 aliphatic rings. The van der Waals surface area contributed by atoms with E-state index in [2.05, 4.69) is 15.3 Å². The summed E-state index contributed by atoms with van der Waals surface area (Å²) >= 11 is 0. The minimum absolute atomic E-state index is 0.408. The monoisotopic (exact) mass is 235 g/mol. The summed E-state index contributed by atoms with van der Waals surface area (Å²) in [6.45, 7) is 2.27. The molecule has 0 saturated heterocycles. The molecule has 0 saturated carbocycles. The number of hydrogen-bond donors (Lipinski definition) is 0. The highest BCUT2D eigenvalue weighted by molar-refractivity contribution is 5.87. The fourth-order valence-electron chi connectivity index (χ4n) is 1.57. The summed E-state index contributed by atoms with van der Waals surface area (Å²) in [6.07, 6.45) is 3.29. The number of carbonyl (C=O) groups excluding carboxylic acids is 1. The van der Waals surface area contributed by atoms with Gasteiger partial charge in [-0.3, -0.25) is 4.68 Å². The lowest BCUT2D eigenvalue weighted by Crippen LogP contribution is -2.12. The summed E-state index contributed by atoms with van der Waals surface area (Å²) in [5, 5.41) is 7.81. The molecule has 17 heavy (non-hydrogen) atoms. The van der Waals surface area contributed by atoms with Gasteiger partial charge in [0.25, 0.3) is 0 Å². The number of carbonyl (C=O) groups is 1. The summed E-state index contributed by atoms with van der Waals surface area (Å²) in [5.74, 6) is 0.325. The number of hydrogen-bond acceptors (Lipinski definition) is 5. The average molecular weight is 235 g/mol. The van der Waals surface area contributed by atoms with Gasteiger partial charge in [0.1, 0.15) is 17.2 Å². The van der Waals surface area contributed by atoms with Gasteiger partial charge in [-0.1, -0.05) is 5.21 Å². The number of methoxy groups -OCH3 is 1. The van der Waals surface area contributed by atoms with Crippen molar-refractivity contribution in [2.45, 2.75) is 13.5 Å². The topological polar surface area (TPSA) is 74.8 Å². The lowest BCUT2D eigenvalue weighted by molar-refractivity contribution is 0.0588. The van der Waals surface area contributed by atoms with Gasteiger partial charge in [0.05, 0.1) is 19.9 Å². The third-order valence-electron chi connectivity index (χ3n) is 2.42. The minimum Gasteiger partial charge on any atom is -0.464 e. The zero-order chi connectivity index (χ0) is 12.4. The Hall–Kier alpha value is -2.18. The standard InChI is InChI=1S/C10H13N5O2/c1-7-11-4-9(10(16)17-3)15(7)6-8-5-14(2)13-12-8/h4-5H,6H2,1-3H3. The van der Waals surface area contributed by atoms with Crippen LogP contribution in [0.5, 0.6) is 0 Å². The Morgan fingerprint density at radius 1 is 1.53 bits per heavy atom. The van der Waals surface area contributed by atoms with Crippen LogP contribution in [0.15, 0.2) is 12.4 Å². The molecule has 0 spiro atoms. The van der Waals surface area contributed by atoms with Gasteiger partial charge >= 0.3 is 5.97 Å². The summed E-state index contributed by atoms with van der Waals surface area (Å²) in [6, 6.07) is 0. The lowest BCUT2D eigenvalue weighted by atomic mass is 10.4. The Bertz CT molecular complexity index is 543.